The molecule has 0 radical (unpaired) electrons. The summed E-state index contributed by atoms with van der Waals surface area (Å²) in [6, 6.07) is 7.75. The summed E-state index contributed by atoms with van der Waals surface area (Å²) in [5.41, 5.74) is 1.51. The molecule has 1 aromatic heterocycles. The molecule has 144 valence electrons. The van der Waals surface area contributed by atoms with Crippen LogP contribution < -0.4 is 10.1 Å². The molecule has 0 saturated carbocycles. The van der Waals surface area contributed by atoms with Crippen LogP contribution in [0.25, 0.3) is 0 Å². The first-order chi connectivity index (χ1) is 13.2. The van der Waals surface area contributed by atoms with Crippen molar-refractivity contribution in [3.05, 3.63) is 47.8 Å². The highest BCUT2D eigenvalue weighted by atomic mass is 16.5. The fourth-order valence-electron chi connectivity index (χ4n) is 3.08. The first-order valence-corrected chi connectivity index (χ1v) is 9.29. The third kappa shape index (κ3) is 5.17. The maximum Gasteiger partial charge on any atom is 0.257 e. The van der Waals surface area contributed by atoms with Crippen molar-refractivity contribution in [2.45, 2.75) is 32.4 Å². The minimum absolute atomic E-state index is 0.0779. The summed E-state index contributed by atoms with van der Waals surface area (Å²) in [7, 11) is 1.64. The van der Waals surface area contributed by atoms with Crippen molar-refractivity contribution in [2.75, 3.05) is 32.1 Å². The van der Waals surface area contributed by atoms with Gasteiger partial charge in [0, 0.05) is 38.6 Å². The quantitative estimate of drug-likeness (QED) is 0.770. The summed E-state index contributed by atoms with van der Waals surface area (Å²) in [5, 5.41) is 3.03. The van der Waals surface area contributed by atoms with Gasteiger partial charge in [0.15, 0.2) is 0 Å². The van der Waals surface area contributed by atoms with Crippen molar-refractivity contribution in [3.63, 3.8) is 0 Å². The fraction of sp³-hybridized carbons (Fsp3) is 0.450. The van der Waals surface area contributed by atoms with Gasteiger partial charge in [0.05, 0.1) is 18.8 Å². The van der Waals surface area contributed by atoms with E-state index >= 15 is 0 Å². The molecule has 0 spiro atoms. The molecule has 2 heterocycles. The molecule has 0 bridgehead atoms. The number of nitrogens with one attached hydrogen (secondary N) is 1. The fourth-order valence-corrected chi connectivity index (χ4v) is 3.08. The molecule has 27 heavy (non-hydrogen) atoms. The smallest absolute Gasteiger partial charge is 0.257 e. The normalized spacial score (nSPS) is 16.1. The van der Waals surface area contributed by atoms with Gasteiger partial charge in [-0.25, -0.2) is 9.97 Å². The van der Waals surface area contributed by atoms with Crippen molar-refractivity contribution in [1.29, 1.82) is 0 Å². The zero-order valence-electron chi connectivity index (χ0n) is 15.9. The van der Waals surface area contributed by atoms with Crippen molar-refractivity contribution < 1.29 is 14.3 Å². The lowest BCUT2D eigenvalue weighted by Gasteiger charge is -2.25. The van der Waals surface area contributed by atoms with Crippen LogP contribution in [0.15, 0.2) is 36.7 Å². The Labute approximate surface area is 159 Å². The van der Waals surface area contributed by atoms with Crippen LogP contribution in [0.1, 0.15) is 35.7 Å². The summed E-state index contributed by atoms with van der Waals surface area (Å²) in [4.78, 5) is 23.3. The number of carbonyl (C=O) groups is 1. The number of amides is 1. The van der Waals surface area contributed by atoms with Crippen LogP contribution in [-0.4, -0.2) is 53.7 Å². The highest BCUT2D eigenvalue weighted by molar-refractivity contribution is 5.93. The summed E-state index contributed by atoms with van der Waals surface area (Å²) in [6.45, 7) is 4.52. The SMILES string of the molecule is CCNc1ncc(C(=O)N(Cc2ccc(OC)cc2)CC2CCCO2)cn1. The van der Waals surface area contributed by atoms with Crippen LogP contribution >= 0.6 is 0 Å². The lowest BCUT2D eigenvalue weighted by atomic mass is 10.1. The van der Waals surface area contributed by atoms with Gasteiger partial charge >= 0.3 is 0 Å². The summed E-state index contributed by atoms with van der Waals surface area (Å²) in [6.07, 6.45) is 5.24. The topological polar surface area (TPSA) is 76.6 Å². The molecule has 7 nitrogen and oxygen atoms in total. The molecular weight excluding hydrogens is 344 g/mol. The Kier molecular flexibility index (Phi) is 6.59. The average Bonchev–Trinajstić information content (AvgIpc) is 3.21. The van der Waals surface area contributed by atoms with Crippen LogP contribution in [0.3, 0.4) is 0 Å². The second-order valence-corrected chi connectivity index (χ2v) is 6.49. The molecule has 1 aliphatic heterocycles. The number of methoxy groups -OCH3 is 1. The van der Waals surface area contributed by atoms with Crippen molar-refractivity contribution >= 4 is 11.9 Å². The van der Waals surface area contributed by atoms with Gasteiger partial charge in [-0.1, -0.05) is 12.1 Å². The van der Waals surface area contributed by atoms with Crippen molar-refractivity contribution in [2.24, 2.45) is 0 Å². The molecule has 1 aromatic carbocycles. The largest absolute Gasteiger partial charge is 0.497 e. The third-order valence-corrected chi connectivity index (χ3v) is 4.50. The minimum atomic E-state index is -0.0932. The van der Waals surface area contributed by atoms with Gasteiger partial charge in [-0.05, 0) is 37.5 Å². The molecule has 3 rings (SSSR count). The Bertz CT molecular complexity index is 728. The maximum atomic E-state index is 13.1. The third-order valence-electron chi connectivity index (χ3n) is 4.50. The Balaban J connectivity index is 1.75. The monoisotopic (exact) mass is 370 g/mol. The van der Waals surface area contributed by atoms with Gasteiger partial charge in [-0.15, -0.1) is 0 Å². The highest BCUT2D eigenvalue weighted by Gasteiger charge is 2.24. The summed E-state index contributed by atoms with van der Waals surface area (Å²) >= 11 is 0. The number of benzene rings is 1. The van der Waals surface area contributed by atoms with E-state index in [0.717, 1.165) is 37.3 Å². The van der Waals surface area contributed by atoms with Gasteiger partial charge in [0.2, 0.25) is 5.95 Å². The van der Waals surface area contributed by atoms with E-state index in [4.69, 9.17) is 9.47 Å². The second kappa shape index (κ2) is 9.32. The van der Waals surface area contributed by atoms with Gasteiger partial charge in [0.25, 0.3) is 5.91 Å². The Morgan fingerprint density at radius 2 is 2.04 bits per heavy atom. The van der Waals surface area contributed by atoms with E-state index in [-0.39, 0.29) is 12.0 Å². The molecule has 1 atom stereocenters. The van der Waals surface area contributed by atoms with Gasteiger partial charge in [-0.3, -0.25) is 4.79 Å². The molecule has 7 heteroatoms. The van der Waals surface area contributed by atoms with Gasteiger partial charge in [0.1, 0.15) is 5.75 Å². The number of ether oxygens (including phenoxy) is 2. The lowest BCUT2D eigenvalue weighted by molar-refractivity contribution is 0.0506. The number of anilines is 1. The van der Waals surface area contributed by atoms with Crippen LogP contribution in [0.5, 0.6) is 5.75 Å². The highest BCUT2D eigenvalue weighted by Crippen LogP contribution is 2.18. The zero-order valence-corrected chi connectivity index (χ0v) is 15.9. The molecule has 0 aliphatic carbocycles. The van der Waals surface area contributed by atoms with E-state index in [9.17, 15) is 4.79 Å². The molecule has 1 fully saturated rings. The Morgan fingerprint density at radius 3 is 2.63 bits per heavy atom. The van der Waals surface area contributed by atoms with Crippen molar-refractivity contribution in [1.82, 2.24) is 14.9 Å². The number of nitrogens with zero attached hydrogens (tertiary/aromatic N) is 3. The number of rotatable bonds is 8. The molecule has 1 saturated heterocycles. The number of hydrogen-bond donors (Lipinski definition) is 1. The van der Waals surface area contributed by atoms with E-state index < -0.39 is 0 Å². The van der Waals surface area contributed by atoms with E-state index in [0.29, 0.717) is 24.6 Å². The molecule has 1 amide bonds. The maximum absolute atomic E-state index is 13.1. The van der Waals surface area contributed by atoms with Gasteiger partial charge < -0.3 is 19.7 Å². The minimum Gasteiger partial charge on any atom is -0.497 e. The molecule has 2 aromatic rings. The number of aromatic nitrogens is 2. The molecular formula is C20H26N4O3. The average molecular weight is 370 g/mol. The van der Waals surface area contributed by atoms with E-state index in [1.807, 2.05) is 36.1 Å². The van der Waals surface area contributed by atoms with Gasteiger partial charge in [-0.2, -0.15) is 0 Å². The van der Waals surface area contributed by atoms with E-state index in [2.05, 4.69) is 15.3 Å². The number of hydrogen-bond acceptors (Lipinski definition) is 6. The van der Waals surface area contributed by atoms with Crippen LogP contribution in [0.2, 0.25) is 0 Å². The molecule has 1 N–H and O–H groups in total. The predicted molar refractivity (Wildman–Crippen MR) is 103 cm³/mol. The van der Waals surface area contributed by atoms with E-state index in [1.54, 1.807) is 19.5 Å². The van der Waals surface area contributed by atoms with Crippen LogP contribution in [-0.2, 0) is 11.3 Å². The molecule has 1 aliphatic rings. The predicted octanol–water partition coefficient (Wildman–Crippen LogP) is 2.74. The van der Waals surface area contributed by atoms with Crippen molar-refractivity contribution in [3.8, 4) is 5.75 Å². The summed E-state index contributed by atoms with van der Waals surface area (Å²) in [5.74, 6) is 1.22. The Hall–Kier alpha value is -2.67. The summed E-state index contributed by atoms with van der Waals surface area (Å²) < 4.78 is 10.9. The standard InChI is InChI=1S/C20H26N4O3/c1-3-21-20-22-11-16(12-23-20)19(25)24(14-18-5-4-10-27-18)13-15-6-8-17(26-2)9-7-15/h6-9,11-12,18H,3-5,10,13-14H2,1-2H3,(H,21,22,23). The second-order valence-electron chi connectivity index (χ2n) is 6.49. The zero-order chi connectivity index (χ0) is 19.1. The molecule has 1 unspecified atom stereocenters. The number of carbonyl (C=O) groups excluding carboxylic acids is 1. The first kappa shape index (κ1) is 19.1. The lowest BCUT2D eigenvalue weighted by Crippen LogP contribution is -2.37. The van der Waals surface area contributed by atoms with E-state index in [1.165, 1.54) is 0 Å². The Morgan fingerprint density at radius 1 is 1.30 bits per heavy atom. The first-order valence-electron chi connectivity index (χ1n) is 9.29. The van der Waals surface area contributed by atoms with Crippen LogP contribution in [0.4, 0.5) is 5.95 Å². The van der Waals surface area contributed by atoms with Crippen LogP contribution in [0, 0.1) is 0 Å².